The lowest BCUT2D eigenvalue weighted by atomic mass is 9.79. The third kappa shape index (κ3) is 5.36. The lowest BCUT2D eigenvalue weighted by Gasteiger charge is -2.31. The van der Waals surface area contributed by atoms with Crippen LogP contribution in [0.3, 0.4) is 0 Å². The summed E-state index contributed by atoms with van der Waals surface area (Å²) in [6, 6.07) is 4.46. The molecule has 2 nitrogen and oxygen atoms in total. The molecule has 2 unspecified atom stereocenters. The summed E-state index contributed by atoms with van der Waals surface area (Å²) in [5.74, 6) is 1.98. The van der Waals surface area contributed by atoms with Crippen molar-refractivity contribution < 1.29 is 9.53 Å². The Morgan fingerprint density at radius 2 is 1.63 bits per heavy atom. The number of benzene rings is 1. The van der Waals surface area contributed by atoms with E-state index in [2.05, 4.69) is 39.8 Å². The molecule has 1 aromatic rings. The van der Waals surface area contributed by atoms with Crippen LogP contribution in [0.2, 0.25) is 0 Å². The maximum absolute atomic E-state index is 12.5. The average molecular weight is 371 g/mol. The minimum Gasteiger partial charge on any atom is -0.462 e. The lowest BCUT2D eigenvalue weighted by molar-refractivity contribution is -0.161. The topological polar surface area (TPSA) is 26.3 Å². The van der Waals surface area contributed by atoms with Crippen molar-refractivity contribution in [1.29, 1.82) is 0 Å². The quantitative estimate of drug-likeness (QED) is 0.536. The van der Waals surface area contributed by atoms with Crippen molar-refractivity contribution in [2.24, 2.45) is 17.8 Å². The fourth-order valence-electron chi connectivity index (χ4n) is 4.94. The predicted molar refractivity (Wildman–Crippen MR) is 112 cm³/mol. The van der Waals surface area contributed by atoms with Crippen LogP contribution in [0.5, 0.6) is 0 Å². The van der Waals surface area contributed by atoms with Crippen LogP contribution >= 0.6 is 0 Å². The van der Waals surface area contributed by atoms with Crippen LogP contribution in [-0.2, 0) is 16.0 Å². The molecule has 0 N–H and O–H groups in total. The van der Waals surface area contributed by atoms with Crippen LogP contribution < -0.4 is 0 Å². The Hall–Kier alpha value is -1.31. The lowest BCUT2D eigenvalue weighted by Crippen LogP contribution is -2.32. The van der Waals surface area contributed by atoms with Gasteiger partial charge in [0.1, 0.15) is 6.10 Å². The zero-order valence-corrected chi connectivity index (χ0v) is 17.9. The summed E-state index contributed by atoms with van der Waals surface area (Å²) in [7, 11) is 0. The van der Waals surface area contributed by atoms with Gasteiger partial charge in [-0.05, 0) is 93.4 Å². The molecule has 0 spiro atoms. The molecule has 2 heteroatoms. The highest BCUT2D eigenvalue weighted by Crippen LogP contribution is 2.34. The van der Waals surface area contributed by atoms with Crippen molar-refractivity contribution >= 4 is 5.97 Å². The Morgan fingerprint density at radius 3 is 2.33 bits per heavy atom. The predicted octanol–water partition coefficient (Wildman–Crippen LogP) is 6.47. The van der Waals surface area contributed by atoms with Crippen LogP contribution in [0, 0.1) is 38.5 Å². The second-order valence-electron chi connectivity index (χ2n) is 9.37. The summed E-state index contributed by atoms with van der Waals surface area (Å²) in [5, 5.41) is 0. The SMILES string of the molecule is Cc1ccc(CCC2CCC(CCC3CCC(C)CC3)C(=O)O2)c(C)c1C. The molecule has 3 rings (SSSR count). The van der Waals surface area contributed by atoms with Gasteiger partial charge in [0.15, 0.2) is 0 Å². The Morgan fingerprint density at radius 1 is 0.889 bits per heavy atom. The molecule has 0 radical (unpaired) electrons. The Labute approximate surface area is 166 Å². The molecule has 1 aliphatic carbocycles. The van der Waals surface area contributed by atoms with Crippen molar-refractivity contribution in [3.05, 3.63) is 34.4 Å². The molecule has 1 saturated carbocycles. The monoisotopic (exact) mass is 370 g/mol. The van der Waals surface area contributed by atoms with Gasteiger partial charge in [-0.2, -0.15) is 0 Å². The smallest absolute Gasteiger partial charge is 0.309 e. The van der Waals surface area contributed by atoms with Gasteiger partial charge in [0.05, 0.1) is 5.92 Å². The van der Waals surface area contributed by atoms with Gasteiger partial charge in [-0.1, -0.05) is 44.7 Å². The number of ether oxygens (including phenoxy) is 1. The molecule has 0 amide bonds. The van der Waals surface area contributed by atoms with E-state index in [-0.39, 0.29) is 18.0 Å². The molecule has 1 aromatic carbocycles. The van der Waals surface area contributed by atoms with E-state index in [0.29, 0.717) is 0 Å². The van der Waals surface area contributed by atoms with Gasteiger partial charge in [0.2, 0.25) is 0 Å². The largest absolute Gasteiger partial charge is 0.462 e. The highest BCUT2D eigenvalue weighted by Gasteiger charge is 2.30. The van der Waals surface area contributed by atoms with Gasteiger partial charge in [-0.3, -0.25) is 4.79 Å². The maximum atomic E-state index is 12.5. The van der Waals surface area contributed by atoms with Crippen LogP contribution in [0.1, 0.15) is 87.0 Å². The number of rotatable bonds is 6. The van der Waals surface area contributed by atoms with E-state index < -0.39 is 0 Å². The van der Waals surface area contributed by atoms with Crippen LogP contribution in [0.4, 0.5) is 0 Å². The van der Waals surface area contributed by atoms with Crippen molar-refractivity contribution in [1.82, 2.24) is 0 Å². The van der Waals surface area contributed by atoms with Crippen LogP contribution in [0.25, 0.3) is 0 Å². The summed E-state index contributed by atoms with van der Waals surface area (Å²) >= 11 is 0. The number of hydrogen-bond donors (Lipinski definition) is 0. The Kier molecular flexibility index (Phi) is 7.00. The zero-order valence-electron chi connectivity index (χ0n) is 17.9. The van der Waals surface area contributed by atoms with E-state index in [1.807, 2.05) is 0 Å². The van der Waals surface area contributed by atoms with Gasteiger partial charge in [0, 0.05) is 0 Å². The normalized spacial score (nSPS) is 28.8. The van der Waals surface area contributed by atoms with Crippen molar-refractivity contribution in [3.8, 4) is 0 Å². The van der Waals surface area contributed by atoms with Crippen molar-refractivity contribution in [2.75, 3.05) is 0 Å². The summed E-state index contributed by atoms with van der Waals surface area (Å²) in [6.07, 6.45) is 11.9. The van der Waals surface area contributed by atoms with Crippen molar-refractivity contribution in [2.45, 2.75) is 98.0 Å². The van der Waals surface area contributed by atoms with Crippen LogP contribution in [-0.4, -0.2) is 12.1 Å². The second-order valence-corrected chi connectivity index (χ2v) is 9.37. The molecule has 2 aliphatic rings. The Bertz CT molecular complexity index is 640. The molecule has 150 valence electrons. The van der Waals surface area contributed by atoms with E-state index in [9.17, 15) is 4.79 Å². The van der Waals surface area contributed by atoms with Gasteiger partial charge in [0.25, 0.3) is 0 Å². The molecule has 27 heavy (non-hydrogen) atoms. The highest BCUT2D eigenvalue weighted by atomic mass is 16.5. The number of hydrogen-bond acceptors (Lipinski definition) is 2. The molecule has 1 aliphatic heterocycles. The van der Waals surface area contributed by atoms with Crippen molar-refractivity contribution in [3.63, 3.8) is 0 Å². The van der Waals surface area contributed by atoms with E-state index in [1.54, 1.807) is 0 Å². The Balaban J connectivity index is 1.42. The molecule has 0 bridgehead atoms. The molecule has 1 heterocycles. The highest BCUT2D eigenvalue weighted by molar-refractivity contribution is 5.73. The number of esters is 1. The number of carbonyl (C=O) groups excluding carboxylic acids is 1. The average Bonchev–Trinajstić information content (AvgIpc) is 2.66. The van der Waals surface area contributed by atoms with E-state index >= 15 is 0 Å². The summed E-state index contributed by atoms with van der Waals surface area (Å²) in [5.41, 5.74) is 5.56. The standard InChI is InChI=1S/C25H38O2/c1-17-5-8-21(9-6-17)10-12-23-14-16-24(27-25(23)26)15-13-22-11-7-18(2)19(3)20(22)4/h7,11,17,21,23-24H,5-6,8-10,12-16H2,1-4H3. The van der Waals surface area contributed by atoms with Gasteiger partial charge in [-0.25, -0.2) is 0 Å². The zero-order chi connectivity index (χ0) is 19.4. The van der Waals surface area contributed by atoms with E-state index in [0.717, 1.165) is 43.9 Å². The molecular weight excluding hydrogens is 332 g/mol. The minimum atomic E-state index is 0.0761. The minimum absolute atomic E-state index is 0.0761. The number of aryl methyl sites for hydroxylation is 2. The fraction of sp³-hybridized carbons (Fsp3) is 0.720. The first-order valence-electron chi connectivity index (χ1n) is 11.2. The number of carbonyl (C=O) groups is 1. The molecule has 2 atom stereocenters. The molecular formula is C25H38O2. The molecule has 1 saturated heterocycles. The second kappa shape index (κ2) is 9.26. The summed E-state index contributed by atoms with van der Waals surface area (Å²) in [4.78, 5) is 12.5. The maximum Gasteiger partial charge on any atom is 0.309 e. The van der Waals surface area contributed by atoms with Gasteiger partial charge in [-0.15, -0.1) is 0 Å². The van der Waals surface area contributed by atoms with E-state index in [1.165, 1.54) is 54.4 Å². The first kappa shape index (κ1) is 20.4. The number of cyclic esters (lactones) is 1. The van der Waals surface area contributed by atoms with Gasteiger partial charge >= 0.3 is 5.97 Å². The summed E-state index contributed by atoms with van der Waals surface area (Å²) < 4.78 is 5.83. The van der Waals surface area contributed by atoms with Gasteiger partial charge < -0.3 is 4.74 Å². The fourth-order valence-corrected chi connectivity index (χ4v) is 4.94. The third-order valence-electron chi connectivity index (χ3n) is 7.42. The first-order valence-corrected chi connectivity index (χ1v) is 11.2. The van der Waals surface area contributed by atoms with Crippen LogP contribution in [0.15, 0.2) is 12.1 Å². The summed E-state index contributed by atoms with van der Waals surface area (Å²) in [6.45, 7) is 8.95. The molecule has 0 aromatic heterocycles. The third-order valence-corrected chi connectivity index (χ3v) is 7.42. The first-order chi connectivity index (χ1) is 12.9. The molecule has 2 fully saturated rings. The van der Waals surface area contributed by atoms with E-state index in [4.69, 9.17) is 4.74 Å².